The molecule has 2 aromatic carbocycles. The summed E-state index contributed by atoms with van der Waals surface area (Å²) in [7, 11) is 0. The van der Waals surface area contributed by atoms with Crippen LogP contribution in [0.15, 0.2) is 54.1 Å². The van der Waals surface area contributed by atoms with Crippen molar-refractivity contribution in [3.8, 4) is 6.07 Å². The van der Waals surface area contributed by atoms with Gasteiger partial charge in [0.1, 0.15) is 17.5 Å². The van der Waals surface area contributed by atoms with Crippen LogP contribution < -0.4 is 5.32 Å². The zero-order valence-electron chi connectivity index (χ0n) is 11.4. The summed E-state index contributed by atoms with van der Waals surface area (Å²) in [6, 6.07) is 14.7. The standard InChI is InChI=1S/C17H13FN2O/c1-12-3-2-4-16(9-12)20-17(21)14(11-19)10-13-5-7-15(18)8-6-13/h2-10H,1H3,(H,20,21)/b14-10-. The van der Waals surface area contributed by atoms with E-state index in [4.69, 9.17) is 5.26 Å². The van der Waals surface area contributed by atoms with Crippen LogP contribution in [-0.4, -0.2) is 5.91 Å². The van der Waals surface area contributed by atoms with Crippen LogP contribution in [-0.2, 0) is 4.79 Å². The number of halogens is 1. The fourth-order valence-electron chi connectivity index (χ4n) is 1.80. The van der Waals surface area contributed by atoms with Crippen LogP contribution in [0.5, 0.6) is 0 Å². The van der Waals surface area contributed by atoms with Crippen LogP contribution in [0, 0.1) is 24.1 Å². The van der Waals surface area contributed by atoms with Crippen molar-refractivity contribution in [3.05, 3.63) is 71.0 Å². The summed E-state index contributed by atoms with van der Waals surface area (Å²) >= 11 is 0. The average Bonchev–Trinajstić information content (AvgIpc) is 2.46. The molecule has 104 valence electrons. The molecule has 21 heavy (non-hydrogen) atoms. The van der Waals surface area contributed by atoms with E-state index in [9.17, 15) is 9.18 Å². The van der Waals surface area contributed by atoms with Crippen LogP contribution in [0.3, 0.4) is 0 Å². The number of nitrogens with one attached hydrogen (secondary N) is 1. The first-order valence-electron chi connectivity index (χ1n) is 6.34. The highest BCUT2D eigenvalue weighted by Crippen LogP contribution is 2.13. The minimum atomic E-state index is -0.493. The molecule has 0 saturated carbocycles. The van der Waals surface area contributed by atoms with E-state index in [1.54, 1.807) is 6.07 Å². The van der Waals surface area contributed by atoms with Crippen LogP contribution >= 0.6 is 0 Å². The van der Waals surface area contributed by atoms with Gasteiger partial charge in [0.2, 0.25) is 0 Å². The maximum absolute atomic E-state index is 12.8. The molecular weight excluding hydrogens is 267 g/mol. The summed E-state index contributed by atoms with van der Waals surface area (Å²) in [5, 5.41) is 11.8. The molecule has 2 rings (SSSR count). The molecule has 0 heterocycles. The number of anilines is 1. The lowest BCUT2D eigenvalue weighted by molar-refractivity contribution is -0.112. The number of benzene rings is 2. The number of amides is 1. The normalized spacial score (nSPS) is 10.8. The molecule has 0 aliphatic heterocycles. The molecule has 0 unspecified atom stereocenters. The maximum atomic E-state index is 12.8. The van der Waals surface area contributed by atoms with Crippen molar-refractivity contribution in [2.45, 2.75) is 6.92 Å². The first-order chi connectivity index (χ1) is 10.1. The Morgan fingerprint density at radius 1 is 1.24 bits per heavy atom. The molecule has 0 fully saturated rings. The molecule has 0 spiro atoms. The van der Waals surface area contributed by atoms with Gasteiger partial charge in [0.05, 0.1) is 0 Å². The van der Waals surface area contributed by atoms with Gasteiger partial charge < -0.3 is 5.32 Å². The number of aryl methyl sites for hydroxylation is 1. The van der Waals surface area contributed by atoms with Gasteiger partial charge in [0.15, 0.2) is 0 Å². The third-order valence-electron chi connectivity index (χ3n) is 2.82. The molecule has 4 heteroatoms. The summed E-state index contributed by atoms with van der Waals surface area (Å²) in [6.07, 6.45) is 1.42. The van der Waals surface area contributed by atoms with E-state index >= 15 is 0 Å². The van der Waals surface area contributed by atoms with Crippen molar-refractivity contribution in [3.63, 3.8) is 0 Å². The van der Waals surface area contributed by atoms with Crippen molar-refractivity contribution in [2.75, 3.05) is 5.32 Å². The van der Waals surface area contributed by atoms with Gasteiger partial charge in [-0.3, -0.25) is 4.79 Å². The molecule has 1 amide bonds. The van der Waals surface area contributed by atoms with Gasteiger partial charge in [-0.1, -0.05) is 24.3 Å². The van der Waals surface area contributed by atoms with Crippen LogP contribution in [0.4, 0.5) is 10.1 Å². The van der Waals surface area contributed by atoms with Gasteiger partial charge in [0, 0.05) is 5.69 Å². The van der Waals surface area contributed by atoms with E-state index in [-0.39, 0.29) is 11.4 Å². The quantitative estimate of drug-likeness (QED) is 0.688. The van der Waals surface area contributed by atoms with Gasteiger partial charge in [0.25, 0.3) is 5.91 Å². The highest BCUT2D eigenvalue weighted by molar-refractivity contribution is 6.09. The second-order valence-corrected chi connectivity index (χ2v) is 4.54. The summed E-state index contributed by atoms with van der Waals surface area (Å²) in [6.45, 7) is 1.91. The molecule has 0 atom stereocenters. The number of hydrogen-bond donors (Lipinski definition) is 1. The van der Waals surface area contributed by atoms with Gasteiger partial charge in [-0.2, -0.15) is 5.26 Å². The van der Waals surface area contributed by atoms with E-state index in [2.05, 4.69) is 5.32 Å². The predicted octanol–water partition coefficient (Wildman–Crippen LogP) is 3.68. The molecule has 3 nitrogen and oxygen atoms in total. The van der Waals surface area contributed by atoms with Gasteiger partial charge >= 0.3 is 0 Å². The van der Waals surface area contributed by atoms with Crippen LogP contribution in [0.25, 0.3) is 6.08 Å². The number of rotatable bonds is 3. The first-order valence-corrected chi connectivity index (χ1v) is 6.34. The number of nitriles is 1. The van der Waals surface area contributed by atoms with Gasteiger partial charge in [-0.25, -0.2) is 4.39 Å². The Kier molecular flexibility index (Phi) is 4.47. The highest BCUT2D eigenvalue weighted by atomic mass is 19.1. The van der Waals surface area contributed by atoms with E-state index in [1.165, 1.54) is 30.3 Å². The summed E-state index contributed by atoms with van der Waals surface area (Å²) in [4.78, 5) is 12.1. The number of hydrogen-bond acceptors (Lipinski definition) is 2. The van der Waals surface area contributed by atoms with E-state index < -0.39 is 5.91 Å². The van der Waals surface area contributed by atoms with Crippen molar-refractivity contribution >= 4 is 17.7 Å². The van der Waals surface area contributed by atoms with Gasteiger partial charge in [-0.15, -0.1) is 0 Å². The van der Waals surface area contributed by atoms with Crippen molar-refractivity contribution in [2.24, 2.45) is 0 Å². The lowest BCUT2D eigenvalue weighted by Crippen LogP contribution is -2.13. The van der Waals surface area contributed by atoms with Crippen LogP contribution in [0.1, 0.15) is 11.1 Å². The average molecular weight is 280 g/mol. The zero-order chi connectivity index (χ0) is 15.2. The molecule has 0 saturated heterocycles. The van der Waals surface area contributed by atoms with E-state index in [0.29, 0.717) is 11.3 Å². The second-order valence-electron chi connectivity index (χ2n) is 4.54. The minimum absolute atomic E-state index is 0.0388. The number of carbonyl (C=O) groups is 1. The number of nitrogens with zero attached hydrogens (tertiary/aromatic N) is 1. The van der Waals surface area contributed by atoms with Gasteiger partial charge in [-0.05, 0) is 48.4 Å². The fraction of sp³-hybridized carbons (Fsp3) is 0.0588. The molecule has 0 aromatic heterocycles. The SMILES string of the molecule is Cc1cccc(NC(=O)/C(C#N)=C\c2ccc(F)cc2)c1. The predicted molar refractivity (Wildman–Crippen MR) is 79.8 cm³/mol. The molecule has 0 aliphatic rings. The summed E-state index contributed by atoms with van der Waals surface area (Å²) < 4.78 is 12.8. The topological polar surface area (TPSA) is 52.9 Å². The Morgan fingerprint density at radius 3 is 2.57 bits per heavy atom. The Bertz CT molecular complexity index is 727. The third kappa shape index (κ3) is 4.02. The fourth-order valence-corrected chi connectivity index (χ4v) is 1.80. The van der Waals surface area contributed by atoms with Crippen molar-refractivity contribution < 1.29 is 9.18 Å². The molecule has 1 N–H and O–H groups in total. The maximum Gasteiger partial charge on any atom is 0.266 e. The lowest BCUT2D eigenvalue weighted by Gasteiger charge is -2.05. The van der Waals surface area contributed by atoms with Crippen molar-refractivity contribution in [1.82, 2.24) is 0 Å². The summed E-state index contributed by atoms with van der Waals surface area (Å²) in [5.41, 5.74) is 2.18. The highest BCUT2D eigenvalue weighted by Gasteiger charge is 2.09. The van der Waals surface area contributed by atoms with E-state index in [0.717, 1.165) is 5.56 Å². The molecule has 0 aliphatic carbocycles. The Hall–Kier alpha value is -2.93. The smallest absolute Gasteiger partial charge is 0.266 e. The van der Waals surface area contributed by atoms with Crippen LogP contribution in [0.2, 0.25) is 0 Å². The molecular formula is C17H13FN2O. The Labute approximate surface area is 122 Å². The lowest BCUT2D eigenvalue weighted by atomic mass is 10.1. The molecule has 0 radical (unpaired) electrons. The Balaban J connectivity index is 2.19. The first kappa shape index (κ1) is 14.5. The largest absolute Gasteiger partial charge is 0.321 e. The third-order valence-corrected chi connectivity index (χ3v) is 2.82. The minimum Gasteiger partial charge on any atom is -0.321 e. The molecule has 2 aromatic rings. The monoisotopic (exact) mass is 280 g/mol. The van der Waals surface area contributed by atoms with E-state index in [1.807, 2.05) is 31.2 Å². The second kappa shape index (κ2) is 6.49. The molecule has 0 bridgehead atoms. The zero-order valence-corrected chi connectivity index (χ0v) is 11.4. The Morgan fingerprint density at radius 2 is 1.95 bits per heavy atom. The van der Waals surface area contributed by atoms with Crippen molar-refractivity contribution in [1.29, 1.82) is 5.26 Å². The summed E-state index contributed by atoms with van der Waals surface area (Å²) in [5.74, 6) is -0.859. The number of carbonyl (C=O) groups excluding carboxylic acids is 1.